The fraction of sp³-hybridized carbons (Fsp3) is 0.550. The van der Waals surface area contributed by atoms with Crippen LogP contribution in [0.1, 0.15) is 32.8 Å². The fourth-order valence-corrected chi connectivity index (χ4v) is 6.10. The molecule has 1 saturated heterocycles. The number of carbonyl (C=O) groups is 1. The van der Waals surface area contributed by atoms with Crippen LogP contribution in [0.25, 0.3) is 0 Å². The second-order valence-corrected chi connectivity index (χ2v) is 10.4. The second kappa shape index (κ2) is 5.89. The molecule has 7 nitrogen and oxygen atoms in total. The summed E-state index contributed by atoms with van der Waals surface area (Å²) in [6.07, 6.45) is 0.362. The summed E-state index contributed by atoms with van der Waals surface area (Å²) in [7, 11) is -2.34. The molecule has 0 aromatic heterocycles. The van der Waals surface area contributed by atoms with Crippen molar-refractivity contribution in [2.24, 2.45) is 5.41 Å². The van der Waals surface area contributed by atoms with Gasteiger partial charge in [-0.05, 0) is 51.0 Å². The van der Waals surface area contributed by atoms with E-state index >= 15 is 0 Å². The monoisotopic (exact) mass is 407 g/mol. The Morgan fingerprint density at radius 1 is 1.07 bits per heavy atom. The van der Waals surface area contributed by atoms with Crippen molar-refractivity contribution in [3.05, 3.63) is 41.0 Å². The highest BCUT2D eigenvalue weighted by atomic mass is 32.2. The van der Waals surface area contributed by atoms with Crippen LogP contribution in [0.2, 0.25) is 0 Å². The Hall–Kier alpha value is -1.74. The van der Waals surface area contributed by atoms with Crippen LogP contribution in [0.5, 0.6) is 0 Å². The molecular weight excluding hydrogens is 382 g/mol. The number of fused-ring (bicyclic) bond motifs is 2. The lowest BCUT2D eigenvalue weighted by molar-refractivity contribution is -0.450. The summed E-state index contributed by atoms with van der Waals surface area (Å²) in [5.41, 5.74) is -0.295. The van der Waals surface area contributed by atoms with Gasteiger partial charge in [0.1, 0.15) is 16.6 Å². The highest BCUT2D eigenvalue weighted by Gasteiger charge is 2.69. The molecule has 0 unspecified atom stereocenters. The van der Waals surface area contributed by atoms with Crippen LogP contribution in [0.4, 0.5) is 0 Å². The van der Waals surface area contributed by atoms with E-state index in [1.807, 2.05) is 13.8 Å². The van der Waals surface area contributed by atoms with E-state index in [9.17, 15) is 13.2 Å². The lowest BCUT2D eigenvalue weighted by Crippen LogP contribution is -2.65. The molecule has 3 heterocycles. The number of hydrogen-bond donors (Lipinski definition) is 0. The van der Waals surface area contributed by atoms with Gasteiger partial charge in [-0.3, -0.25) is 4.79 Å². The summed E-state index contributed by atoms with van der Waals surface area (Å²) in [6, 6.07) is 6.80. The maximum atomic E-state index is 13.2. The molecule has 0 spiro atoms. The Balaban J connectivity index is 1.74. The Bertz CT molecular complexity index is 984. The molecule has 28 heavy (non-hydrogen) atoms. The van der Waals surface area contributed by atoms with E-state index in [4.69, 9.17) is 14.5 Å². The second-order valence-electron chi connectivity index (χ2n) is 8.47. The molecule has 0 radical (unpaired) electrons. The Labute approximate surface area is 165 Å². The molecule has 152 valence electrons. The number of methoxy groups -OCH3 is 1. The lowest BCUT2D eigenvalue weighted by atomic mass is 9.58. The van der Waals surface area contributed by atoms with Crippen molar-refractivity contribution in [3.8, 4) is 0 Å². The zero-order chi connectivity index (χ0) is 20.5. The van der Waals surface area contributed by atoms with Crippen molar-refractivity contribution in [3.63, 3.8) is 0 Å². The summed E-state index contributed by atoms with van der Waals surface area (Å²) in [5.74, 6) is -0.393. The molecule has 1 aromatic carbocycles. The van der Waals surface area contributed by atoms with Crippen LogP contribution in [-0.2, 0) is 29.3 Å². The van der Waals surface area contributed by atoms with Gasteiger partial charge in [0.05, 0.1) is 12.0 Å². The third kappa shape index (κ3) is 2.38. The van der Waals surface area contributed by atoms with Gasteiger partial charge in [0, 0.05) is 19.5 Å². The first-order valence-corrected chi connectivity index (χ1v) is 10.7. The fourth-order valence-electron chi connectivity index (χ4n) is 4.73. The topological polar surface area (TPSA) is 82.1 Å². The van der Waals surface area contributed by atoms with Crippen LogP contribution >= 0.6 is 0 Å². The minimum absolute atomic E-state index is 0.160. The number of esters is 1. The smallest absolute Gasteiger partial charge is 0.315 e. The number of sulfonamides is 1. The molecule has 5 rings (SSSR count). The molecular formula is C20H25NO6S. The number of hydrogen-bond acceptors (Lipinski definition) is 6. The van der Waals surface area contributed by atoms with E-state index in [1.54, 1.807) is 38.1 Å². The SMILES string of the molecule is COC(=O)[C@@]1(C)C[C@]2(C)OO[C@@]1(C)C1=C2CN(S(=O)(=O)c2ccc(C)cc2)C1. The Morgan fingerprint density at radius 3 is 2.29 bits per heavy atom. The lowest BCUT2D eigenvalue weighted by Gasteiger charge is -2.57. The number of rotatable bonds is 3. The van der Waals surface area contributed by atoms with Crippen molar-refractivity contribution < 1.29 is 27.7 Å². The van der Waals surface area contributed by atoms with Gasteiger partial charge in [-0.25, -0.2) is 18.2 Å². The molecule has 1 fully saturated rings. The number of carbonyl (C=O) groups excluding carboxylic acids is 1. The van der Waals surface area contributed by atoms with E-state index in [0.717, 1.165) is 16.7 Å². The first-order chi connectivity index (χ1) is 13.0. The third-order valence-electron chi connectivity index (χ3n) is 6.68. The van der Waals surface area contributed by atoms with Gasteiger partial charge < -0.3 is 4.74 Å². The van der Waals surface area contributed by atoms with E-state index < -0.39 is 32.6 Å². The van der Waals surface area contributed by atoms with Gasteiger partial charge in [-0.15, -0.1) is 0 Å². The van der Waals surface area contributed by atoms with Crippen molar-refractivity contribution in [1.82, 2.24) is 4.31 Å². The van der Waals surface area contributed by atoms with Crippen LogP contribution in [0.15, 0.2) is 40.3 Å². The predicted molar refractivity (Wildman–Crippen MR) is 101 cm³/mol. The first-order valence-electron chi connectivity index (χ1n) is 9.23. The molecule has 8 heteroatoms. The predicted octanol–water partition coefficient (Wildman–Crippen LogP) is 2.36. The molecule has 2 bridgehead atoms. The van der Waals surface area contributed by atoms with Crippen molar-refractivity contribution in [2.75, 3.05) is 20.2 Å². The summed E-state index contributed by atoms with van der Waals surface area (Å²) in [4.78, 5) is 24.3. The van der Waals surface area contributed by atoms with E-state index in [0.29, 0.717) is 6.42 Å². The molecule has 1 aromatic rings. The Kier molecular flexibility index (Phi) is 4.11. The molecule has 3 atom stereocenters. The maximum absolute atomic E-state index is 13.2. The largest absolute Gasteiger partial charge is 0.469 e. The third-order valence-corrected chi connectivity index (χ3v) is 8.48. The molecule has 1 aliphatic carbocycles. The van der Waals surface area contributed by atoms with Gasteiger partial charge >= 0.3 is 5.97 Å². The van der Waals surface area contributed by atoms with Crippen LogP contribution in [-0.4, -0.2) is 50.1 Å². The highest BCUT2D eigenvalue weighted by molar-refractivity contribution is 7.89. The average molecular weight is 407 g/mol. The molecule has 0 amide bonds. The van der Waals surface area contributed by atoms with Gasteiger partial charge in [0.25, 0.3) is 0 Å². The van der Waals surface area contributed by atoms with Crippen molar-refractivity contribution >= 4 is 16.0 Å². The highest BCUT2D eigenvalue weighted by Crippen LogP contribution is 2.60. The zero-order valence-electron chi connectivity index (χ0n) is 16.7. The Morgan fingerprint density at radius 2 is 1.68 bits per heavy atom. The van der Waals surface area contributed by atoms with E-state index in [-0.39, 0.29) is 18.0 Å². The van der Waals surface area contributed by atoms with E-state index in [2.05, 4.69) is 0 Å². The van der Waals surface area contributed by atoms with Gasteiger partial charge in [0.2, 0.25) is 10.0 Å². The molecule has 4 aliphatic rings. The molecule has 0 saturated carbocycles. The van der Waals surface area contributed by atoms with E-state index in [1.165, 1.54) is 11.4 Å². The average Bonchev–Trinajstić information content (AvgIpc) is 3.13. The van der Waals surface area contributed by atoms with Crippen molar-refractivity contribution in [2.45, 2.75) is 50.2 Å². The van der Waals surface area contributed by atoms with Gasteiger partial charge in [0.15, 0.2) is 0 Å². The van der Waals surface area contributed by atoms with Gasteiger partial charge in [-0.2, -0.15) is 4.31 Å². The summed E-state index contributed by atoms with van der Waals surface area (Å²) >= 11 is 0. The van der Waals surface area contributed by atoms with Gasteiger partial charge in [-0.1, -0.05) is 17.7 Å². The van der Waals surface area contributed by atoms with Crippen LogP contribution in [0.3, 0.4) is 0 Å². The van der Waals surface area contributed by atoms with Crippen LogP contribution < -0.4 is 0 Å². The summed E-state index contributed by atoms with van der Waals surface area (Å²) in [5, 5.41) is 0. The minimum atomic E-state index is -3.69. The summed E-state index contributed by atoms with van der Waals surface area (Å²) in [6.45, 7) is 7.70. The quantitative estimate of drug-likeness (QED) is 0.435. The van der Waals surface area contributed by atoms with Crippen molar-refractivity contribution in [1.29, 1.82) is 0 Å². The summed E-state index contributed by atoms with van der Waals surface area (Å²) < 4.78 is 32.9. The minimum Gasteiger partial charge on any atom is -0.469 e. The first kappa shape index (κ1) is 19.6. The normalized spacial score (nSPS) is 35.2. The maximum Gasteiger partial charge on any atom is 0.315 e. The van der Waals surface area contributed by atoms with Crippen LogP contribution in [0, 0.1) is 12.3 Å². The number of nitrogens with zero attached hydrogens (tertiary/aromatic N) is 1. The number of ether oxygens (including phenoxy) is 1. The standard InChI is InChI=1S/C20H25NO6S/c1-13-6-8-14(9-7-13)28(23,24)21-10-15-16(11-21)20(4)18(2,17(22)25-5)12-19(15,3)26-27-20/h6-9H,10-12H2,1-5H3/t18-,19+,20+/m1/s1. The number of benzene rings is 1. The number of aryl methyl sites for hydroxylation is 1. The molecule has 3 aliphatic heterocycles. The molecule has 0 N–H and O–H groups in total. The zero-order valence-corrected chi connectivity index (χ0v) is 17.6.